The smallest absolute Gasteiger partial charge is 0.0669 e. The number of hydrogen-bond acceptors (Lipinski definition) is 0. The van der Waals surface area contributed by atoms with Gasteiger partial charge in [-0.05, 0) is 53.8 Å². The van der Waals surface area contributed by atoms with Crippen LogP contribution in [0, 0.1) is 34.5 Å². The van der Waals surface area contributed by atoms with Gasteiger partial charge in [-0.3, -0.25) is 0 Å². The van der Waals surface area contributed by atoms with Gasteiger partial charge in [0.05, 0.1) is 7.85 Å². The van der Waals surface area contributed by atoms with E-state index in [1.807, 2.05) is 0 Å². The van der Waals surface area contributed by atoms with Crippen molar-refractivity contribution in [3.8, 4) is 0 Å². The van der Waals surface area contributed by atoms with E-state index < -0.39 is 0 Å². The molecule has 0 aromatic rings. The van der Waals surface area contributed by atoms with Gasteiger partial charge >= 0.3 is 0 Å². The Morgan fingerprint density at radius 1 is 1.17 bits per heavy atom. The lowest BCUT2D eigenvalue weighted by atomic mass is 9.46. The van der Waals surface area contributed by atoms with Crippen molar-refractivity contribution in [1.29, 1.82) is 0 Å². The van der Waals surface area contributed by atoms with E-state index in [0.717, 1.165) is 24.2 Å². The first-order valence-corrected chi connectivity index (χ1v) is 10.3. The first-order valence-electron chi connectivity index (χ1n) is 10.3. The van der Waals surface area contributed by atoms with E-state index in [4.69, 9.17) is 7.85 Å². The molecule has 1 rings (SSSR count). The molecule has 0 heterocycles. The Hall–Kier alpha value is 0.0649. The van der Waals surface area contributed by atoms with Gasteiger partial charge in [-0.2, -0.15) is 0 Å². The summed E-state index contributed by atoms with van der Waals surface area (Å²) >= 11 is 0. The Kier molecular flexibility index (Phi) is 6.91. The normalized spacial score (nSPS) is 33.6. The zero-order valence-electron chi connectivity index (χ0n) is 17.6. The molecule has 0 N–H and O–H groups in total. The molecule has 0 aromatic heterocycles. The maximum atomic E-state index is 6.88. The molecule has 23 heavy (non-hydrogen) atoms. The van der Waals surface area contributed by atoms with Crippen molar-refractivity contribution in [2.24, 2.45) is 34.5 Å². The van der Waals surface area contributed by atoms with Crippen LogP contribution in [0.5, 0.6) is 0 Å². The summed E-state index contributed by atoms with van der Waals surface area (Å²) in [7, 11) is 6.88. The third-order valence-corrected chi connectivity index (χ3v) is 8.67. The lowest BCUT2D eigenvalue weighted by molar-refractivity contribution is -0.0319. The molecule has 0 aromatic carbocycles. The summed E-state index contributed by atoms with van der Waals surface area (Å²) in [6, 6.07) is 0. The second-order valence-electron chi connectivity index (χ2n) is 9.83. The monoisotopic (exact) mass is 318 g/mol. The van der Waals surface area contributed by atoms with Crippen LogP contribution in [0.1, 0.15) is 101 Å². The predicted octanol–water partition coefficient (Wildman–Crippen LogP) is 7.28. The van der Waals surface area contributed by atoms with E-state index >= 15 is 0 Å². The van der Waals surface area contributed by atoms with E-state index in [1.54, 1.807) is 0 Å². The van der Waals surface area contributed by atoms with Crippen molar-refractivity contribution >= 4 is 7.85 Å². The third-order valence-electron chi connectivity index (χ3n) is 8.67. The van der Waals surface area contributed by atoms with Crippen LogP contribution >= 0.6 is 0 Å². The number of rotatable bonds is 9. The summed E-state index contributed by atoms with van der Waals surface area (Å²) < 4.78 is 0. The van der Waals surface area contributed by atoms with Crippen LogP contribution in [0.2, 0.25) is 5.31 Å². The fraction of sp³-hybridized carbons (Fsp3) is 1.00. The van der Waals surface area contributed by atoms with E-state index in [2.05, 4.69) is 62.3 Å². The maximum Gasteiger partial charge on any atom is 0.0753 e. The fourth-order valence-electron chi connectivity index (χ4n) is 5.01. The summed E-state index contributed by atoms with van der Waals surface area (Å²) in [6.07, 6.45) is 7.94. The Bertz CT molecular complexity index is 370. The Labute approximate surface area is 149 Å². The summed E-state index contributed by atoms with van der Waals surface area (Å²) in [5, 5.41) is -0.0967. The van der Waals surface area contributed by atoms with E-state index in [1.165, 1.54) is 32.1 Å². The summed E-state index contributed by atoms with van der Waals surface area (Å²) in [5.41, 5.74) is 0.778. The van der Waals surface area contributed by atoms with Crippen molar-refractivity contribution in [2.45, 2.75) is 106 Å². The quantitative estimate of drug-likeness (QED) is 0.392. The minimum absolute atomic E-state index is 0.0967. The van der Waals surface area contributed by atoms with Crippen LogP contribution in [-0.4, -0.2) is 7.85 Å². The summed E-state index contributed by atoms with van der Waals surface area (Å²) in [6.45, 7) is 21.4. The lowest BCUT2D eigenvalue weighted by Crippen LogP contribution is -2.44. The van der Waals surface area contributed by atoms with E-state index in [9.17, 15) is 0 Å². The molecule has 1 fully saturated rings. The molecule has 0 saturated heterocycles. The molecule has 0 amide bonds. The average Bonchev–Trinajstić information content (AvgIpc) is 2.52. The van der Waals surface area contributed by atoms with Crippen LogP contribution in [-0.2, 0) is 0 Å². The minimum atomic E-state index is -0.0967. The molecule has 1 saturated carbocycles. The van der Waals surface area contributed by atoms with Crippen LogP contribution in [0.25, 0.3) is 0 Å². The Morgan fingerprint density at radius 3 is 2.13 bits per heavy atom. The van der Waals surface area contributed by atoms with Gasteiger partial charge in [0.25, 0.3) is 0 Å². The highest BCUT2D eigenvalue weighted by atomic mass is 14.5. The Morgan fingerprint density at radius 2 is 1.74 bits per heavy atom. The second-order valence-corrected chi connectivity index (χ2v) is 9.83. The van der Waals surface area contributed by atoms with E-state index in [-0.39, 0.29) is 10.7 Å². The molecular formula is C22H43B. The lowest BCUT2D eigenvalue weighted by Gasteiger charge is -2.54. The highest BCUT2D eigenvalue weighted by Crippen LogP contribution is 2.57. The van der Waals surface area contributed by atoms with Gasteiger partial charge in [0.2, 0.25) is 0 Å². The van der Waals surface area contributed by atoms with Gasteiger partial charge in [0.15, 0.2) is 0 Å². The van der Waals surface area contributed by atoms with Gasteiger partial charge in [-0.25, -0.2) is 0 Å². The largest absolute Gasteiger partial charge is 0.0753 e. The molecule has 1 aliphatic carbocycles. The molecule has 1 aliphatic rings. The SMILES string of the molecule is [B]C(C)(C(C)C(CC)CCC1(C)CC(CC)C1C)C(C)(C)CC. The van der Waals surface area contributed by atoms with Crippen molar-refractivity contribution in [2.75, 3.05) is 0 Å². The van der Waals surface area contributed by atoms with Crippen molar-refractivity contribution < 1.29 is 0 Å². The topological polar surface area (TPSA) is 0 Å². The third kappa shape index (κ3) is 4.01. The average molecular weight is 318 g/mol. The molecule has 6 atom stereocenters. The van der Waals surface area contributed by atoms with Gasteiger partial charge < -0.3 is 0 Å². The summed E-state index contributed by atoms with van der Waals surface area (Å²) in [5.74, 6) is 3.19. The number of hydrogen-bond donors (Lipinski definition) is 0. The zero-order chi connectivity index (χ0) is 18.1. The molecule has 0 spiro atoms. The van der Waals surface area contributed by atoms with E-state index in [0.29, 0.717) is 11.3 Å². The molecule has 6 unspecified atom stereocenters. The highest BCUT2D eigenvalue weighted by molar-refractivity contribution is 6.15. The molecule has 134 valence electrons. The van der Waals surface area contributed by atoms with Gasteiger partial charge in [0, 0.05) is 0 Å². The first kappa shape index (κ1) is 21.1. The zero-order valence-corrected chi connectivity index (χ0v) is 17.6. The standard InChI is InChI=1S/C22H43B/c1-10-18(17(5)22(9,23)20(6,7)12-3)13-14-21(8)15-19(11-2)16(21)4/h16-19H,10-15H2,1-9H3. The molecule has 0 aliphatic heterocycles. The van der Waals surface area contributed by atoms with Gasteiger partial charge in [0.1, 0.15) is 0 Å². The highest BCUT2D eigenvalue weighted by Gasteiger charge is 2.47. The maximum absolute atomic E-state index is 6.88. The fourth-order valence-corrected chi connectivity index (χ4v) is 5.01. The minimum Gasteiger partial charge on any atom is -0.0669 e. The molecule has 2 radical (unpaired) electrons. The molecular weight excluding hydrogens is 275 g/mol. The van der Waals surface area contributed by atoms with Crippen molar-refractivity contribution in [3.05, 3.63) is 0 Å². The molecule has 1 heteroatoms. The van der Waals surface area contributed by atoms with Crippen molar-refractivity contribution in [1.82, 2.24) is 0 Å². The van der Waals surface area contributed by atoms with Gasteiger partial charge in [-0.1, -0.05) is 86.9 Å². The Balaban J connectivity index is 2.71. The van der Waals surface area contributed by atoms with Crippen molar-refractivity contribution in [3.63, 3.8) is 0 Å². The van der Waals surface area contributed by atoms with Crippen LogP contribution in [0.15, 0.2) is 0 Å². The molecule has 0 nitrogen and oxygen atoms in total. The molecule has 0 bridgehead atoms. The predicted molar refractivity (Wildman–Crippen MR) is 106 cm³/mol. The van der Waals surface area contributed by atoms with Crippen LogP contribution in [0.3, 0.4) is 0 Å². The first-order chi connectivity index (χ1) is 10.5. The van der Waals surface area contributed by atoms with Crippen LogP contribution in [0.4, 0.5) is 0 Å². The van der Waals surface area contributed by atoms with Gasteiger partial charge in [-0.15, -0.1) is 0 Å². The second kappa shape index (κ2) is 7.53. The van der Waals surface area contributed by atoms with Crippen LogP contribution < -0.4 is 0 Å². The summed E-state index contributed by atoms with van der Waals surface area (Å²) in [4.78, 5) is 0.